The van der Waals surface area contributed by atoms with Gasteiger partial charge in [-0.05, 0) is 0 Å². The van der Waals surface area contributed by atoms with E-state index in [0.717, 1.165) is 0 Å². The fourth-order valence-electron chi connectivity index (χ4n) is 0.123. The van der Waals surface area contributed by atoms with Crippen molar-refractivity contribution in [1.29, 1.82) is 0 Å². The minimum Gasteiger partial charge on any atom is -0.481 e. The molecule has 0 atom stereocenters. The van der Waals surface area contributed by atoms with Crippen molar-refractivity contribution in [2.75, 3.05) is 0 Å². The molecule has 0 fully saturated rings. The average molecular weight is 85.1 g/mol. The lowest BCUT2D eigenvalue weighted by Crippen LogP contribution is -1.88. The highest BCUT2D eigenvalue weighted by molar-refractivity contribution is 5.68. The minimum atomic E-state index is -0.829. The third-order valence-electron chi connectivity index (χ3n) is 0.319. The van der Waals surface area contributed by atoms with Gasteiger partial charge in [0.1, 0.15) is 0 Å². The molecular weight excluding hydrogens is 79.0 g/mol. The molecule has 2 nitrogen and oxygen atoms in total. The molecule has 1 N–H and O–H groups in total. The molecule has 0 aromatic heterocycles. The Balaban J connectivity index is 3.05. The molecule has 0 saturated heterocycles. The van der Waals surface area contributed by atoms with Crippen LogP contribution in [-0.2, 0) is 4.79 Å². The molecule has 0 aliphatic heterocycles. The molecule has 0 saturated carbocycles. The maximum atomic E-state index is 9.53. The van der Waals surface area contributed by atoms with Crippen LogP contribution in [0.2, 0.25) is 0 Å². The molecule has 0 radical (unpaired) electrons. The molecule has 0 aliphatic rings. The number of carbonyl (C=O) groups is 1. The van der Waals surface area contributed by atoms with Crippen LogP contribution in [0.3, 0.4) is 0 Å². The Labute approximate surface area is 36.1 Å². The Hall–Kier alpha value is -0.790. The van der Waals surface area contributed by atoms with Gasteiger partial charge in [0, 0.05) is 0 Å². The first kappa shape index (κ1) is 5.21. The van der Waals surface area contributed by atoms with E-state index in [0.29, 0.717) is 0 Å². The Morgan fingerprint density at radius 1 is 2.00 bits per heavy atom. The molecule has 0 aliphatic carbocycles. The van der Waals surface area contributed by atoms with E-state index in [1.165, 1.54) is 6.08 Å². The summed E-state index contributed by atoms with van der Waals surface area (Å²) in [6, 6.07) is 0. The van der Waals surface area contributed by atoms with Crippen LogP contribution in [0.1, 0.15) is 6.42 Å². The second-order valence-corrected chi connectivity index (χ2v) is 0.887. The van der Waals surface area contributed by atoms with Crippen LogP contribution in [0.15, 0.2) is 12.7 Å². The lowest BCUT2D eigenvalue weighted by molar-refractivity contribution is -0.135. The number of aliphatic carboxylic acids is 1. The Morgan fingerprint density at radius 3 is 2.50 bits per heavy atom. The highest BCUT2D eigenvalue weighted by Gasteiger charge is 1.84. The van der Waals surface area contributed by atoms with Crippen molar-refractivity contribution in [3.05, 3.63) is 12.7 Å². The first-order valence-electron chi connectivity index (χ1n) is 1.60. The number of hydrogen-bond acceptors (Lipinski definition) is 1. The van der Waals surface area contributed by atoms with Gasteiger partial charge in [-0.2, -0.15) is 0 Å². The maximum absolute atomic E-state index is 9.53. The third kappa shape index (κ3) is 3.21. The summed E-state index contributed by atoms with van der Waals surface area (Å²) in [5.41, 5.74) is 0. The molecular formula is C4H6O2. The van der Waals surface area contributed by atoms with E-state index < -0.39 is 5.97 Å². The quantitative estimate of drug-likeness (QED) is 0.500. The van der Waals surface area contributed by atoms with Gasteiger partial charge in [0.2, 0.25) is 0 Å². The summed E-state index contributed by atoms with van der Waals surface area (Å²) < 4.78 is 0. The maximum Gasteiger partial charge on any atom is 0.307 e. The molecule has 0 aromatic rings. The molecule has 6 heavy (non-hydrogen) atoms. The Kier molecular flexibility index (Phi) is 2.13. The topological polar surface area (TPSA) is 37.3 Å². The zero-order chi connectivity index (χ0) is 4.99. The van der Waals surface area contributed by atoms with Gasteiger partial charge in [-0.25, -0.2) is 0 Å². The zero-order valence-corrected chi connectivity index (χ0v) is 3.35. The van der Waals surface area contributed by atoms with Crippen LogP contribution in [0.4, 0.5) is 0 Å². The van der Waals surface area contributed by atoms with E-state index in [9.17, 15) is 4.79 Å². The predicted molar refractivity (Wildman–Crippen MR) is 22.4 cm³/mol. The number of carboxylic acid groups (broad SMARTS) is 1. The summed E-state index contributed by atoms with van der Waals surface area (Å²) in [7, 11) is 0. The van der Waals surface area contributed by atoms with E-state index in [4.69, 9.17) is 5.11 Å². The van der Waals surface area contributed by atoms with E-state index in [2.05, 4.69) is 6.58 Å². The van der Waals surface area contributed by atoms with Gasteiger partial charge in [-0.3, -0.25) is 4.79 Å². The highest BCUT2D eigenvalue weighted by Crippen LogP contribution is 1.74. The highest BCUT2D eigenvalue weighted by atomic mass is 16.3. The van der Waals surface area contributed by atoms with E-state index in [-0.39, 0.29) is 6.42 Å². The monoisotopic (exact) mass is 85.0 g/mol. The van der Waals surface area contributed by atoms with Crippen molar-refractivity contribution >= 4 is 5.97 Å². The first-order chi connectivity index (χ1) is 2.77. The van der Waals surface area contributed by atoms with Crippen LogP contribution >= 0.6 is 0 Å². The Morgan fingerprint density at radius 2 is 2.50 bits per heavy atom. The van der Waals surface area contributed by atoms with Gasteiger partial charge in [0.05, 0.1) is 6.42 Å². The van der Waals surface area contributed by atoms with Crippen LogP contribution in [0, 0.1) is 0 Å². The van der Waals surface area contributed by atoms with Crippen LogP contribution in [0.5, 0.6) is 0 Å². The molecule has 0 aromatic carbocycles. The van der Waals surface area contributed by atoms with Gasteiger partial charge >= 0.3 is 5.97 Å². The van der Waals surface area contributed by atoms with Crippen molar-refractivity contribution < 1.29 is 9.90 Å². The minimum absolute atomic E-state index is 0.0556. The summed E-state index contributed by atoms with van der Waals surface area (Å²) in [6.45, 7) is 3.22. The molecule has 34 valence electrons. The summed E-state index contributed by atoms with van der Waals surface area (Å²) in [6.07, 6.45) is 1.41. The first-order valence-corrected chi connectivity index (χ1v) is 1.60. The second-order valence-electron chi connectivity index (χ2n) is 0.887. The number of rotatable bonds is 2. The molecule has 0 amide bonds. The lowest BCUT2D eigenvalue weighted by Gasteiger charge is -1.75. The normalized spacial score (nSPS) is 7.33. The van der Waals surface area contributed by atoms with Crippen LogP contribution in [-0.4, -0.2) is 11.1 Å². The zero-order valence-electron chi connectivity index (χ0n) is 3.35. The summed E-state index contributed by atoms with van der Waals surface area (Å²) in [4.78, 5) is 9.53. The average Bonchev–Trinajstić information content (AvgIpc) is 1.35. The van der Waals surface area contributed by atoms with Crippen LogP contribution < -0.4 is 0 Å². The van der Waals surface area contributed by atoms with Crippen LogP contribution in [0.25, 0.3) is 0 Å². The molecule has 0 bridgehead atoms. The number of carboxylic acids is 1. The van der Waals surface area contributed by atoms with Crippen molar-refractivity contribution in [1.82, 2.24) is 0 Å². The lowest BCUT2D eigenvalue weighted by atomic mass is 10.0. The fraction of sp³-hybridized carbons (Fsp3) is 0.250. The molecule has 0 heterocycles. The summed E-state index contributed by atoms with van der Waals surface area (Å²) >= 11 is 0. The van der Waals surface area contributed by atoms with E-state index in [1.54, 1.807) is 0 Å². The summed E-state index contributed by atoms with van der Waals surface area (Å²) in [5, 5.41) is 7.84. The van der Waals surface area contributed by atoms with Crippen molar-refractivity contribution in [3.63, 3.8) is 0 Å². The number of hydrogen-bond donors (Lipinski definition) is 1. The predicted octanol–water partition coefficient (Wildman–Crippen LogP) is 0.647. The molecule has 0 unspecified atom stereocenters. The standard InChI is InChI=1S/C4H6O2/c1-2-3-4(5)6/h2H,1,3H2,(H,5,6)/i4-1. The van der Waals surface area contributed by atoms with Gasteiger partial charge in [-0.1, -0.05) is 6.08 Å². The molecule has 2 heteroatoms. The molecule has 0 spiro atoms. The molecule has 0 rings (SSSR count). The van der Waals surface area contributed by atoms with Gasteiger partial charge in [0.15, 0.2) is 0 Å². The third-order valence-corrected chi connectivity index (χ3v) is 0.319. The Bertz CT molecular complexity index is 65.9. The van der Waals surface area contributed by atoms with Gasteiger partial charge in [-0.15, -0.1) is 6.58 Å². The smallest absolute Gasteiger partial charge is 0.307 e. The largest absolute Gasteiger partial charge is 0.481 e. The summed E-state index contributed by atoms with van der Waals surface area (Å²) in [5.74, 6) is -0.829. The van der Waals surface area contributed by atoms with Gasteiger partial charge < -0.3 is 5.11 Å². The van der Waals surface area contributed by atoms with Crippen molar-refractivity contribution in [2.24, 2.45) is 0 Å². The SMILES string of the molecule is C=CC[11C](=O)O. The van der Waals surface area contributed by atoms with Crippen molar-refractivity contribution in [3.8, 4) is 0 Å². The second kappa shape index (κ2) is 2.45. The van der Waals surface area contributed by atoms with Crippen molar-refractivity contribution in [2.45, 2.75) is 6.42 Å². The van der Waals surface area contributed by atoms with E-state index in [1.807, 2.05) is 0 Å². The fourth-order valence-corrected chi connectivity index (χ4v) is 0.123. The van der Waals surface area contributed by atoms with E-state index >= 15 is 0 Å². The van der Waals surface area contributed by atoms with Gasteiger partial charge in [0.25, 0.3) is 0 Å².